The number of ether oxygens (including phenoxy) is 1. The zero-order valence-electron chi connectivity index (χ0n) is 12.7. The van der Waals surface area contributed by atoms with Crippen LogP contribution in [0.15, 0.2) is 41.5 Å². The number of hydrogen-bond donors (Lipinski definition) is 1. The van der Waals surface area contributed by atoms with E-state index < -0.39 is 0 Å². The Morgan fingerprint density at radius 1 is 1.13 bits per heavy atom. The lowest BCUT2D eigenvalue weighted by Crippen LogP contribution is -2.41. The zero-order valence-corrected chi connectivity index (χ0v) is 12.7. The average molecular weight is 307 g/mol. The van der Waals surface area contributed by atoms with Crippen LogP contribution >= 0.6 is 0 Å². The number of amides is 1. The summed E-state index contributed by atoms with van der Waals surface area (Å²) in [7, 11) is 0. The number of nitrogens with zero attached hydrogens (tertiary/aromatic N) is 2. The quantitative estimate of drug-likeness (QED) is 0.860. The van der Waals surface area contributed by atoms with Crippen LogP contribution in [0.5, 0.6) is 11.5 Å². The molecule has 5 heteroatoms. The van der Waals surface area contributed by atoms with Gasteiger partial charge in [-0.15, -0.1) is 0 Å². The SMILES string of the molecule is Nc1ccc(Oc2ccnc3c2=C2CCCCC2C(=O)N=3)cc1. The minimum Gasteiger partial charge on any atom is -0.457 e. The zero-order chi connectivity index (χ0) is 15.8. The maximum absolute atomic E-state index is 12.2. The first-order valence-corrected chi connectivity index (χ1v) is 7.86. The van der Waals surface area contributed by atoms with E-state index in [1.54, 1.807) is 18.3 Å². The van der Waals surface area contributed by atoms with E-state index in [0.29, 0.717) is 22.7 Å². The highest BCUT2D eigenvalue weighted by Crippen LogP contribution is 2.32. The van der Waals surface area contributed by atoms with Crippen LogP contribution in [0.1, 0.15) is 25.7 Å². The summed E-state index contributed by atoms with van der Waals surface area (Å²) in [6.07, 6.45) is 5.57. The third-order valence-corrected chi connectivity index (χ3v) is 4.45. The molecule has 1 atom stereocenters. The monoisotopic (exact) mass is 307 g/mol. The lowest BCUT2D eigenvalue weighted by molar-refractivity contribution is -0.120. The summed E-state index contributed by atoms with van der Waals surface area (Å²) >= 11 is 0. The number of nitrogen functional groups attached to an aromatic ring is 1. The highest BCUT2D eigenvalue weighted by Gasteiger charge is 2.30. The van der Waals surface area contributed by atoms with Crippen LogP contribution in [0.4, 0.5) is 5.69 Å². The Kier molecular flexibility index (Phi) is 3.33. The van der Waals surface area contributed by atoms with Gasteiger partial charge in [0.25, 0.3) is 5.91 Å². The Labute approximate surface area is 133 Å². The van der Waals surface area contributed by atoms with Gasteiger partial charge in [-0.3, -0.25) is 4.79 Å². The summed E-state index contributed by atoms with van der Waals surface area (Å²) in [6, 6.07) is 9.09. The molecule has 1 aliphatic carbocycles. The predicted molar refractivity (Wildman–Crippen MR) is 86.3 cm³/mol. The van der Waals surface area contributed by atoms with Crippen LogP contribution in [-0.2, 0) is 4.79 Å². The predicted octanol–water partition coefficient (Wildman–Crippen LogP) is 1.96. The fourth-order valence-electron chi connectivity index (χ4n) is 3.33. The number of fused-ring (bicyclic) bond motifs is 2. The Morgan fingerprint density at radius 2 is 1.96 bits per heavy atom. The molecule has 0 saturated heterocycles. The smallest absolute Gasteiger partial charge is 0.254 e. The van der Waals surface area contributed by atoms with Crippen molar-refractivity contribution in [3.05, 3.63) is 47.2 Å². The van der Waals surface area contributed by atoms with Crippen molar-refractivity contribution in [2.45, 2.75) is 25.7 Å². The van der Waals surface area contributed by atoms with Crippen LogP contribution < -0.4 is 21.2 Å². The molecule has 2 aromatic rings. The standard InChI is InChI=1S/C18H17N3O2/c19-11-5-7-12(8-6-11)23-15-9-10-20-17-16(15)13-3-1-2-4-14(13)18(22)21-17/h5-10,14H,1-4,19H2. The average Bonchev–Trinajstić information content (AvgIpc) is 2.57. The molecule has 2 N–H and O–H groups in total. The number of carbonyl (C=O) groups excluding carboxylic acids is 1. The molecule has 1 saturated carbocycles. The molecule has 0 radical (unpaired) electrons. The molecule has 0 spiro atoms. The topological polar surface area (TPSA) is 77.6 Å². The van der Waals surface area contributed by atoms with E-state index in [0.717, 1.165) is 36.5 Å². The van der Waals surface area contributed by atoms with Crippen molar-refractivity contribution in [2.24, 2.45) is 10.9 Å². The second-order valence-electron chi connectivity index (χ2n) is 5.95. The third-order valence-electron chi connectivity index (χ3n) is 4.45. The summed E-state index contributed by atoms with van der Waals surface area (Å²) in [5.41, 5.74) is 8.01. The Balaban J connectivity index is 1.87. The maximum atomic E-state index is 12.2. The van der Waals surface area contributed by atoms with Crippen molar-refractivity contribution in [3.8, 4) is 11.5 Å². The first-order chi connectivity index (χ1) is 11.2. The molecule has 4 rings (SSSR count). The van der Waals surface area contributed by atoms with Gasteiger partial charge in [0, 0.05) is 11.9 Å². The molecule has 23 heavy (non-hydrogen) atoms. The van der Waals surface area contributed by atoms with Crippen LogP contribution in [-0.4, -0.2) is 10.9 Å². The largest absolute Gasteiger partial charge is 0.457 e. The van der Waals surface area contributed by atoms with E-state index in [9.17, 15) is 4.79 Å². The Bertz CT molecular complexity index is 887. The van der Waals surface area contributed by atoms with Crippen molar-refractivity contribution >= 4 is 17.2 Å². The van der Waals surface area contributed by atoms with E-state index in [-0.39, 0.29) is 11.8 Å². The number of rotatable bonds is 2. The molecule has 2 heterocycles. The van der Waals surface area contributed by atoms with Gasteiger partial charge < -0.3 is 10.5 Å². The summed E-state index contributed by atoms with van der Waals surface area (Å²) in [5.74, 6) is 1.24. The van der Waals surface area contributed by atoms with Crippen molar-refractivity contribution in [3.63, 3.8) is 0 Å². The van der Waals surface area contributed by atoms with Crippen molar-refractivity contribution in [1.82, 2.24) is 4.98 Å². The van der Waals surface area contributed by atoms with Gasteiger partial charge in [-0.2, -0.15) is 4.99 Å². The molecule has 2 aliphatic rings. The molecule has 1 aromatic heterocycles. The molecule has 1 aliphatic heterocycles. The second-order valence-corrected chi connectivity index (χ2v) is 5.95. The molecule has 1 aromatic carbocycles. The van der Waals surface area contributed by atoms with E-state index in [1.165, 1.54) is 0 Å². The number of pyridine rings is 1. The highest BCUT2D eigenvalue weighted by molar-refractivity contribution is 5.90. The van der Waals surface area contributed by atoms with Crippen molar-refractivity contribution in [1.29, 1.82) is 0 Å². The first-order valence-electron chi connectivity index (χ1n) is 7.86. The normalized spacial score (nSPS) is 19.6. The van der Waals surface area contributed by atoms with Crippen LogP contribution in [0, 0.1) is 5.92 Å². The highest BCUT2D eigenvalue weighted by atomic mass is 16.5. The molecular formula is C18H17N3O2. The molecule has 116 valence electrons. The maximum Gasteiger partial charge on any atom is 0.254 e. The first kappa shape index (κ1) is 13.9. The van der Waals surface area contributed by atoms with E-state index in [1.807, 2.05) is 18.2 Å². The minimum atomic E-state index is -0.103. The number of nitrogens with two attached hydrogens (primary N) is 1. The van der Waals surface area contributed by atoms with Crippen LogP contribution in [0.2, 0.25) is 0 Å². The molecule has 1 amide bonds. The number of hydrogen-bond acceptors (Lipinski definition) is 4. The Hall–Kier alpha value is -2.69. The van der Waals surface area contributed by atoms with Gasteiger partial charge in [0.2, 0.25) is 0 Å². The number of carbonyl (C=O) groups is 1. The lowest BCUT2D eigenvalue weighted by Gasteiger charge is -2.25. The van der Waals surface area contributed by atoms with Crippen molar-refractivity contribution < 1.29 is 9.53 Å². The Morgan fingerprint density at radius 3 is 2.78 bits per heavy atom. The number of aromatic nitrogens is 1. The van der Waals surface area contributed by atoms with Crippen LogP contribution in [0.25, 0.3) is 5.57 Å². The second kappa shape index (κ2) is 5.50. The van der Waals surface area contributed by atoms with Crippen molar-refractivity contribution in [2.75, 3.05) is 5.73 Å². The van der Waals surface area contributed by atoms with Crippen LogP contribution in [0.3, 0.4) is 0 Å². The summed E-state index contributed by atoms with van der Waals surface area (Å²) < 4.78 is 6.03. The molecule has 1 fully saturated rings. The number of benzene rings is 1. The van der Waals surface area contributed by atoms with Gasteiger partial charge in [-0.05, 0) is 55.2 Å². The van der Waals surface area contributed by atoms with E-state index in [4.69, 9.17) is 10.5 Å². The van der Waals surface area contributed by atoms with Gasteiger partial charge >= 0.3 is 0 Å². The molecule has 5 nitrogen and oxygen atoms in total. The fraction of sp³-hybridized carbons (Fsp3) is 0.278. The molecule has 0 bridgehead atoms. The number of anilines is 1. The summed E-state index contributed by atoms with van der Waals surface area (Å²) in [6.45, 7) is 0. The molecular weight excluding hydrogens is 290 g/mol. The van der Waals surface area contributed by atoms with Gasteiger partial charge in [-0.1, -0.05) is 6.42 Å². The molecule has 1 unspecified atom stereocenters. The van der Waals surface area contributed by atoms with E-state index in [2.05, 4.69) is 9.98 Å². The third kappa shape index (κ3) is 2.48. The summed E-state index contributed by atoms with van der Waals surface area (Å²) in [5, 5.41) is 0.897. The van der Waals surface area contributed by atoms with Gasteiger partial charge in [0.05, 0.1) is 11.1 Å². The van der Waals surface area contributed by atoms with Gasteiger partial charge in [0.15, 0.2) is 5.49 Å². The lowest BCUT2D eigenvalue weighted by atomic mass is 9.81. The minimum absolute atomic E-state index is 0.0654. The van der Waals surface area contributed by atoms with Gasteiger partial charge in [0.1, 0.15) is 11.5 Å². The fourth-order valence-corrected chi connectivity index (χ4v) is 3.33. The van der Waals surface area contributed by atoms with Gasteiger partial charge in [-0.25, -0.2) is 4.98 Å². The summed E-state index contributed by atoms with van der Waals surface area (Å²) in [4.78, 5) is 20.7. The van der Waals surface area contributed by atoms with E-state index >= 15 is 0 Å².